The van der Waals surface area contributed by atoms with Crippen molar-refractivity contribution in [3.05, 3.63) is 81.7 Å². The van der Waals surface area contributed by atoms with Crippen molar-refractivity contribution < 1.29 is 23.5 Å². The van der Waals surface area contributed by atoms with Crippen molar-refractivity contribution in [2.75, 3.05) is 34.4 Å². The number of furan rings is 1. The lowest BCUT2D eigenvalue weighted by Crippen LogP contribution is -2.34. The van der Waals surface area contributed by atoms with Crippen LogP contribution < -0.4 is 15.0 Å². The third kappa shape index (κ3) is 4.53. The largest absolute Gasteiger partial charge is 0.496 e. The highest BCUT2D eigenvalue weighted by atomic mass is 16.5. The molecule has 4 rings (SSSR count). The van der Waals surface area contributed by atoms with Gasteiger partial charge >= 0.3 is 0 Å². The molecule has 1 aliphatic heterocycles. The van der Waals surface area contributed by atoms with Gasteiger partial charge in [0.15, 0.2) is 0 Å². The second kappa shape index (κ2) is 10.1. The predicted octanol–water partition coefficient (Wildman–Crippen LogP) is 2.99. The van der Waals surface area contributed by atoms with Crippen LogP contribution in [0.1, 0.15) is 45.1 Å². The van der Waals surface area contributed by atoms with Crippen molar-refractivity contribution >= 4 is 11.8 Å². The molecule has 1 aromatic carbocycles. The number of ether oxygens (including phenoxy) is 2. The number of aromatic nitrogens is 1. The average molecular weight is 480 g/mol. The highest BCUT2D eigenvalue weighted by Gasteiger charge is 2.31. The summed E-state index contributed by atoms with van der Waals surface area (Å²) in [4.78, 5) is 43.1. The molecule has 0 fully saturated rings. The summed E-state index contributed by atoms with van der Waals surface area (Å²) in [6, 6.07) is 11.6. The summed E-state index contributed by atoms with van der Waals surface area (Å²) < 4.78 is 17.9. The second-order valence-corrected chi connectivity index (χ2v) is 8.37. The minimum Gasteiger partial charge on any atom is -0.496 e. The number of methoxy groups -OCH3 is 2. The predicted molar refractivity (Wildman–Crippen MR) is 129 cm³/mol. The molecule has 0 bridgehead atoms. The zero-order valence-electron chi connectivity index (χ0n) is 20.3. The van der Waals surface area contributed by atoms with Gasteiger partial charge in [-0.2, -0.15) is 0 Å². The maximum absolute atomic E-state index is 13.7. The third-order valence-corrected chi connectivity index (χ3v) is 6.51. The maximum atomic E-state index is 13.7. The molecule has 3 aromatic rings. The number of amides is 2. The molecule has 9 nitrogen and oxygen atoms in total. The first-order chi connectivity index (χ1) is 16.9. The first-order valence-electron chi connectivity index (χ1n) is 11.4. The van der Waals surface area contributed by atoms with Gasteiger partial charge in [0.05, 0.1) is 32.1 Å². The molecular weight excluding hydrogens is 450 g/mol. The van der Waals surface area contributed by atoms with E-state index in [0.29, 0.717) is 47.8 Å². The molecule has 2 aromatic heterocycles. The van der Waals surface area contributed by atoms with Gasteiger partial charge in [-0.1, -0.05) is 12.1 Å². The third-order valence-electron chi connectivity index (χ3n) is 6.51. The fourth-order valence-electron chi connectivity index (χ4n) is 4.41. The van der Waals surface area contributed by atoms with Gasteiger partial charge in [0.2, 0.25) is 0 Å². The van der Waals surface area contributed by atoms with Crippen LogP contribution in [0, 0.1) is 0 Å². The van der Waals surface area contributed by atoms with E-state index in [4.69, 9.17) is 13.9 Å². The SMILES string of the molecule is COc1ccccc1C(=O)N1CCc2c(C(=O)N(C)[C@H](C)c3ccco3)c(OC)cc(=O)n2CC1. The molecule has 35 heavy (non-hydrogen) atoms. The Morgan fingerprint density at radius 3 is 2.46 bits per heavy atom. The number of hydrogen-bond donors (Lipinski definition) is 0. The number of nitrogens with zero attached hydrogens (tertiary/aromatic N) is 3. The van der Waals surface area contributed by atoms with Gasteiger partial charge in [0, 0.05) is 44.9 Å². The second-order valence-electron chi connectivity index (χ2n) is 8.37. The molecule has 2 amide bonds. The van der Waals surface area contributed by atoms with Gasteiger partial charge in [0.1, 0.15) is 22.8 Å². The lowest BCUT2D eigenvalue weighted by atomic mass is 10.1. The Bertz CT molecular complexity index is 1280. The lowest BCUT2D eigenvalue weighted by Gasteiger charge is -2.26. The van der Waals surface area contributed by atoms with Gasteiger partial charge in [-0.3, -0.25) is 14.4 Å². The molecule has 184 valence electrons. The summed E-state index contributed by atoms with van der Waals surface area (Å²) in [5, 5.41) is 0. The molecular formula is C26H29N3O6. The van der Waals surface area contributed by atoms with Crippen LogP contribution in [-0.4, -0.2) is 60.5 Å². The van der Waals surface area contributed by atoms with Crippen molar-refractivity contribution in [3.8, 4) is 11.5 Å². The van der Waals surface area contributed by atoms with E-state index in [1.807, 2.05) is 13.0 Å². The van der Waals surface area contributed by atoms with Crippen LogP contribution in [0.3, 0.4) is 0 Å². The van der Waals surface area contributed by atoms with Crippen LogP contribution in [0.5, 0.6) is 11.5 Å². The number of pyridine rings is 1. The number of carbonyl (C=O) groups is 2. The molecule has 0 N–H and O–H groups in total. The molecule has 0 spiro atoms. The fourth-order valence-corrected chi connectivity index (χ4v) is 4.41. The Balaban J connectivity index is 1.68. The molecule has 1 aliphatic rings. The molecule has 0 unspecified atom stereocenters. The normalized spacial score (nSPS) is 14.0. The number of carbonyl (C=O) groups excluding carboxylic acids is 2. The van der Waals surface area contributed by atoms with Gasteiger partial charge in [-0.25, -0.2) is 0 Å². The number of para-hydroxylation sites is 1. The van der Waals surface area contributed by atoms with Crippen LogP contribution >= 0.6 is 0 Å². The Morgan fingerprint density at radius 1 is 1.03 bits per heavy atom. The van der Waals surface area contributed by atoms with E-state index < -0.39 is 0 Å². The van der Waals surface area contributed by atoms with E-state index >= 15 is 0 Å². The van der Waals surface area contributed by atoms with E-state index in [2.05, 4.69) is 0 Å². The highest BCUT2D eigenvalue weighted by Crippen LogP contribution is 2.28. The summed E-state index contributed by atoms with van der Waals surface area (Å²) in [5.41, 5.74) is 1.05. The first kappa shape index (κ1) is 24.1. The highest BCUT2D eigenvalue weighted by molar-refractivity contribution is 5.99. The van der Waals surface area contributed by atoms with E-state index in [1.54, 1.807) is 58.0 Å². The van der Waals surface area contributed by atoms with Crippen molar-refractivity contribution in [2.24, 2.45) is 0 Å². The molecule has 0 radical (unpaired) electrons. The van der Waals surface area contributed by atoms with E-state index in [0.717, 1.165) is 0 Å². The zero-order chi connectivity index (χ0) is 25.1. The topological polar surface area (TPSA) is 94.2 Å². The van der Waals surface area contributed by atoms with Crippen molar-refractivity contribution in [1.82, 2.24) is 14.4 Å². The quantitative estimate of drug-likeness (QED) is 0.540. The van der Waals surface area contributed by atoms with E-state index in [1.165, 1.54) is 20.3 Å². The number of hydrogen-bond acceptors (Lipinski definition) is 6. The van der Waals surface area contributed by atoms with Crippen molar-refractivity contribution in [2.45, 2.75) is 25.9 Å². The summed E-state index contributed by atoms with van der Waals surface area (Å²) in [6.07, 6.45) is 1.88. The monoisotopic (exact) mass is 479 g/mol. The minimum absolute atomic E-state index is 0.188. The Kier molecular flexibility index (Phi) is 6.95. The number of fused-ring (bicyclic) bond motifs is 1. The summed E-state index contributed by atoms with van der Waals surface area (Å²) in [5.74, 6) is 0.870. The van der Waals surface area contributed by atoms with Gasteiger partial charge in [-0.15, -0.1) is 0 Å². The first-order valence-corrected chi connectivity index (χ1v) is 11.4. The molecule has 0 saturated carbocycles. The van der Waals surface area contributed by atoms with E-state index in [-0.39, 0.29) is 35.7 Å². The standard InChI is InChI=1S/C26H29N3O6/c1-17(20-10-7-15-35-20)27(2)26(32)24-19-11-12-28(13-14-29(19)23(30)16-22(24)34-4)25(31)18-8-5-6-9-21(18)33-3/h5-10,15-17H,11-14H2,1-4H3/t17-/m1/s1. The van der Waals surface area contributed by atoms with Crippen molar-refractivity contribution in [1.29, 1.82) is 0 Å². The van der Waals surface area contributed by atoms with E-state index in [9.17, 15) is 14.4 Å². The van der Waals surface area contributed by atoms with Gasteiger partial charge in [0.25, 0.3) is 17.4 Å². The minimum atomic E-state index is -0.329. The zero-order valence-corrected chi connectivity index (χ0v) is 20.3. The summed E-state index contributed by atoms with van der Waals surface area (Å²) in [7, 11) is 4.65. The number of rotatable bonds is 6. The van der Waals surface area contributed by atoms with Gasteiger partial charge in [-0.05, 0) is 31.2 Å². The molecule has 9 heteroatoms. The molecule has 1 atom stereocenters. The maximum Gasteiger partial charge on any atom is 0.259 e. The van der Waals surface area contributed by atoms with Crippen LogP contribution in [0.4, 0.5) is 0 Å². The van der Waals surface area contributed by atoms with Gasteiger partial charge < -0.3 is 28.3 Å². The van der Waals surface area contributed by atoms with Crippen LogP contribution in [0.15, 0.2) is 57.9 Å². The Labute approximate surface area is 203 Å². The molecule has 3 heterocycles. The van der Waals surface area contributed by atoms with Crippen LogP contribution in [0.25, 0.3) is 0 Å². The molecule has 0 aliphatic carbocycles. The van der Waals surface area contributed by atoms with Crippen LogP contribution in [0.2, 0.25) is 0 Å². The molecule has 0 saturated heterocycles. The average Bonchev–Trinajstić information content (AvgIpc) is 3.33. The number of benzene rings is 1. The fraction of sp³-hybridized carbons (Fsp3) is 0.346. The lowest BCUT2D eigenvalue weighted by molar-refractivity contribution is 0.0720. The Morgan fingerprint density at radius 2 is 1.77 bits per heavy atom. The smallest absolute Gasteiger partial charge is 0.259 e. The summed E-state index contributed by atoms with van der Waals surface area (Å²) in [6.45, 7) is 2.78. The van der Waals surface area contributed by atoms with Crippen LogP contribution in [-0.2, 0) is 13.0 Å². The van der Waals surface area contributed by atoms with Crippen molar-refractivity contribution in [3.63, 3.8) is 0 Å². The Hall–Kier alpha value is -4.01. The summed E-state index contributed by atoms with van der Waals surface area (Å²) >= 11 is 0.